The van der Waals surface area contributed by atoms with E-state index < -0.39 is 0 Å². The quantitative estimate of drug-likeness (QED) is 0.535. The number of imidazole rings is 1. The predicted molar refractivity (Wildman–Crippen MR) is 78.1 cm³/mol. The van der Waals surface area contributed by atoms with Crippen LogP contribution in [0.5, 0.6) is 0 Å². The van der Waals surface area contributed by atoms with Gasteiger partial charge < -0.3 is 4.57 Å². The number of rotatable bonds is 6. The number of hydrogen-bond acceptors (Lipinski definition) is 1. The third-order valence-electron chi connectivity index (χ3n) is 3.33. The average molecular weight is 283 g/mol. The van der Waals surface area contributed by atoms with Gasteiger partial charge in [-0.3, -0.25) is 0 Å². The van der Waals surface area contributed by atoms with Gasteiger partial charge in [-0.05, 0) is 25.5 Å². The minimum atomic E-state index is -0.253. The molecule has 1 unspecified atom stereocenters. The van der Waals surface area contributed by atoms with Gasteiger partial charge in [-0.1, -0.05) is 26.2 Å². The lowest BCUT2D eigenvalue weighted by atomic mass is 10.2. The Morgan fingerprint density at radius 3 is 2.79 bits per heavy atom. The Hall–Kier alpha value is -1.09. The molecule has 0 amide bonds. The van der Waals surface area contributed by atoms with Gasteiger partial charge in [0.25, 0.3) is 0 Å². The fourth-order valence-corrected chi connectivity index (χ4v) is 2.52. The predicted octanol–water partition coefficient (Wildman–Crippen LogP) is 5.06. The van der Waals surface area contributed by atoms with Crippen molar-refractivity contribution < 1.29 is 4.39 Å². The summed E-state index contributed by atoms with van der Waals surface area (Å²) in [5, 5.41) is -0.165. The molecule has 0 aliphatic rings. The molecule has 2 aromatic rings. The molecule has 19 heavy (non-hydrogen) atoms. The first-order valence-corrected chi connectivity index (χ1v) is 7.37. The summed E-state index contributed by atoms with van der Waals surface area (Å²) in [7, 11) is 0. The summed E-state index contributed by atoms with van der Waals surface area (Å²) < 4.78 is 15.4. The van der Waals surface area contributed by atoms with E-state index in [2.05, 4.69) is 16.5 Å². The molecule has 0 bridgehead atoms. The van der Waals surface area contributed by atoms with Crippen LogP contribution < -0.4 is 0 Å². The molecule has 1 aromatic carbocycles. The molecule has 0 saturated carbocycles. The van der Waals surface area contributed by atoms with Crippen LogP contribution in [0.4, 0.5) is 4.39 Å². The molecule has 0 radical (unpaired) electrons. The lowest BCUT2D eigenvalue weighted by molar-refractivity contribution is 0.574. The van der Waals surface area contributed by atoms with Gasteiger partial charge in [-0.15, -0.1) is 11.6 Å². The normalized spacial score (nSPS) is 13.1. The molecule has 1 atom stereocenters. The number of fused-ring (bicyclic) bond motifs is 1. The van der Waals surface area contributed by atoms with Crippen LogP contribution in [0.1, 0.15) is 50.7 Å². The molecule has 0 aliphatic carbocycles. The number of aromatic nitrogens is 2. The van der Waals surface area contributed by atoms with E-state index in [0.29, 0.717) is 5.52 Å². The monoisotopic (exact) mass is 282 g/mol. The van der Waals surface area contributed by atoms with Crippen molar-refractivity contribution in [3.05, 3.63) is 29.8 Å². The van der Waals surface area contributed by atoms with Crippen LogP contribution in [0, 0.1) is 5.82 Å². The number of nitrogens with zero attached hydrogens (tertiary/aromatic N) is 2. The number of unbranched alkanes of at least 4 members (excludes halogenated alkanes) is 3. The first kappa shape index (κ1) is 14.3. The van der Waals surface area contributed by atoms with Gasteiger partial charge in [-0.2, -0.15) is 0 Å². The Morgan fingerprint density at radius 2 is 2.11 bits per heavy atom. The summed E-state index contributed by atoms with van der Waals surface area (Å²) in [5.74, 6) is 0.579. The van der Waals surface area contributed by atoms with Crippen LogP contribution in [0.3, 0.4) is 0 Å². The van der Waals surface area contributed by atoms with E-state index in [4.69, 9.17) is 11.6 Å². The maximum Gasteiger partial charge on any atom is 0.127 e. The standard InChI is InChI=1S/C15H20ClFN2/c1-3-4-5-6-9-19-14-8-7-12(17)10-13(14)18-15(19)11(2)16/h7-8,10-11H,3-6,9H2,1-2H3. The van der Waals surface area contributed by atoms with Crippen molar-refractivity contribution in [3.8, 4) is 0 Å². The second-order valence-electron chi connectivity index (χ2n) is 4.93. The highest BCUT2D eigenvalue weighted by Gasteiger charge is 2.14. The lowest BCUT2D eigenvalue weighted by Crippen LogP contribution is -2.04. The first-order chi connectivity index (χ1) is 9.13. The zero-order valence-corrected chi connectivity index (χ0v) is 12.3. The van der Waals surface area contributed by atoms with Crippen molar-refractivity contribution in [1.29, 1.82) is 0 Å². The maximum absolute atomic E-state index is 13.2. The molecule has 1 aromatic heterocycles. The summed E-state index contributed by atoms with van der Waals surface area (Å²) >= 11 is 6.18. The molecule has 0 N–H and O–H groups in total. The summed E-state index contributed by atoms with van der Waals surface area (Å²) in [6, 6.07) is 4.75. The topological polar surface area (TPSA) is 17.8 Å². The molecule has 0 aliphatic heterocycles. The van der Waals surface area contributed by atoms with E-state index in [9.17, 15) is 4.39 Å². The minimum absolute atomic E-state index is 0.165. The zero-order chi connectivity index (χ0) is 13.8. The van der Waals surface area contributed by atoms with Crippen LogP contribution >= 0.6 is 11.6 Å². The third kappa shape index (κ3) is 3.27. The second-order valence-corrected chi connectivity index (χ2v) is 5.59. The van der Waals surface area contributed by atoms with Crippen molar-refractivity contribution in [3.63, 3.8) is 0 Å². The summed E-state index contributed by atoms with van der Waals surface area (Å²) in [6.07, 6.45) is 4.77. The van der Waals surface area contributed by atoms with E-state index in [1.165, 1.54) is 31.4 Å². The van der Waals surface area contributed by atoms with Gasteiger partial charge in [0.05, 0.1) is 16.4 Å². The number of halogens is 2. The van der Waals surface area contributed by atoms with E-state index in [-0.39, 0.29) is 11.2 Å². The van der Waals surface area contributed by atoms with Gasteiger partial charge in [0.2, 0.25) is 0 Å². The number of alkyl halides is 1. The van der Waals surface area contributed by atoms with Gasteiger partial charge in [0.1, 0.15) is 11.6 Å². The zero-order valence-electron chi connectivity index (χ0n) is 11.5. The molecule has 4 heteroatoms. The largest absolute Gasteiger partial charge is 0.327 e. The van der Waals surface area contributed by atoms with Gasteiger partial charge in [-0.25, -0.2) is 9.37 Å². The maximum atomic E-state index is 13.2. The second kappa shape index (κ2) is 6.38. The van der Waals surface area contributed by atoms with E-state index >= 15 is 0 Å². The molecule has 1 heterocycles. The Bertz CT molecular complexity index is 548. The first-order valence-electron chi connectivity index (χ1n) is 6.93. The van der Waals surface area contributed by atoms with Crippen molar-refractivity contribution in [2.75, 3.05) is 0 Å². The highest BCUT2D eigenvalue weighted by molar-refractivity contribution is 6.20. The Kier molecular flexibility index (Phi) is 4.81. The lowest BCUT2D eigenvalue weighted by Gasteiger charge is -2.10. The van der Waals surface area contributed by atoms with Crippen LogP contribution in [0.15, 0.2) is 18.2 Å². The van der Waals surface area contributed by atoms with Crippen molar-refractivity contribution in [2.45, 2.75) is 51.5 Å². The summed E-state index contributed by atoms with van der Waals surface area (Å²) in [4.78, 5) is 4.46. The molecular formula is C15H20ClFN2. The Balaban J connectivity index is 2.30. The van der Waals surface area contributed by atoms with Crippen molar-refractivity contribution >= 4 is 22.6 Å². The number of benzene rings is 1. The third-order valence-corrected chi connectivity index (χ3v) is 3.53. The summed E-state index contributed by atoms with van der Waals surface area (Å²) in [5.41, 5.74) is 1.67. The SMILES string of the molecule is CCCCCCn1c(C(C)Cl)nc2cc(F)ccc21. The summed E-state index contributed by atoms with van der Waals surface area (Å²) in [6.45, 7) is 5.00. The number of hydrogen-bond donors (Lipinski definition) is 0. The van der Waals surface area contributed by atoms with Crippen LogP contribution in [0.25, 0.3) is 11.0 Å². The fourth-order valence-electron chi connectivity index (χ4n) is 2.36. The van der Waals surface area contributed by atoms with Gasteiger partial charge in [0, 0.05) is 12.6 Å². The molecule has 104 valence electrons. The van der Waals surface area contributed by atoms with Gasteiger partial charge in [0.15, 0.2) is 0 Å². The number of aryl methyl sites for hydroxylation is 1. The highest BCUT2D eigenvalue weighted by Crippen LogP contribution is 2.25. The van der Waals surface area contributed by atoms with Gasteiger partial charge >= 0.3 is 0 Å². The smallest absolute Gasteiger partial charge is 0.127 e. The Labute approximate surface area is 118 Å². The van der Waals surface area contributed by atoms with Crippen molar-refractivity contribution in [2.24, 2.45) is 0 Å². The molecule has 2 nitrogen and oxygen atoms in total. The minimum Gasteiger partial charge on any atom is -0.327 e. The van der Waals surface area contributed by atoms with Crippen molar-refractivity contribution in [1.82, 2.24) is 9.55 Å². The average Bonchev–Trinajstić information content (AvgIpc) is 2.72. The van der Waals surface area contributed by atoms with Crippen LogP contribution in [-0.4, -0.2) is 9.55 Å². The molecule has 0 saturated heterocycles. The van der Waals surface area contributed by atoms with E-state index in [1.54, 1.807) is 6.07 Å². The van der Waals surface area contributed by atoms with Crippen LogP contribution in [-0.2, 0) is 6.54 Å². The van der Waals surface area contributed by atoms with E-state index in [1.807, 2.05) is 6.92 Å². The highest BCUT2D eigenvalue weighted by atomic mass is 35.5. The molecule has 2 rings (SSSR count). The van der Waals surface area contributed by atoms with Crippen LogP contribution in [0.2, 0.25) is 0 Å². The molecule has 0 spiro atoms. The molecule has 0 fully saturated rings. The van der Waals surface area contributed by atoms with E-state index in [0.717, 1.165) is 24.3 Å². The molecular weight excluding hydrogens is 263 g/mol. The fraction of sp³-hybridized carbons (Fsp3) is 0.533. The Morgan fingerprint density at radius 1 is 1.32 bits per heavy atom.